The number of hydrogen-bond donors (Lipinski definition) is 2. The minimum absolute atomic E-state index is 0.553. The van der Waals surface area contributed by atoms with E-state index in [-0.39, 0.29) is 0 Å². The van der Waals surface area contributed by atoms with Gasteiger partial charge >= 0.3 is 0 Å². The monoisotopic (exact) mass is 237 g/mol. The van der Waals surface area contributed by atoms with E-state index >= 15 is 0 Å². The quantitative estimate of drug-likeness (QED) is 0.696. The van der Waals surface area contributed by atoms with E-state index in [0.717, 1.165) is 37.3 Å². The zero-order chi connectivity index (χ0) is 12.5. The van der Waals surface area contributed by atoms with Crippen molar-refractivity contribution in [3.63, 3.8) is 0 Å². The van der Waals surface area contributed by atoms with Crippen LogP contribution in [0.1, 0.15) is 40.0 Å². The van der Waals surface area contributed by atoms with Gasteiger partial charge < -0.3 is 10.4 Å². The third-order valence-electron chi connectivity index (χ3n) is 4.18. The molecule has 0 aromatic rings. The maximum Gasteiger partial charge on any atom is 0.0746 e. The molecule has 0 heterocycles. The Balaban J connectivity index is 1.67. The van der Waals surface area contributed by atoms with Crippen LogP contribution in [-0.2, 0) is 0 Å². The van der Waals surface area contributed by atoms with Crippen molar-refractivity contribution in [3.05, 3.63) is 12.2 Å². The van der Waals surface area contributed by atoms with E-state index in [9.17, 15) is 5.11 Å². The predicted octanol–water partition coefficient (Wildman–Crippen LogP) is 2.59. The van der Waals surface area contributed by atoms with Gasteiger partial charge in [-0.25, -0.2) is 0 Å². The van der Waals surface area contributed by atoms with Crippen molar-refractivity contribution in [1.82, 2.24) is 5.32 Å². The van der Waals surface area contributed by atoms with Crippen LogP contribution in [0, 0.1) is 23.7 Å². The maximum atomic E-state index is 10.2. The summed E-state index contributed by atoms with van der Waals surface area (Å²) in [5.41, 5.74) is -0.554. The molecule has 1 fully saturated rings. The first-order valence-corrected chi connectivity index (χ1v) is 7.08. The van der Waals surface area contributed by atoms with Gasteiger partial charge in [-0.05, 0) is 56.4 Å². The van der Waals surface area contributed by atoms with Gasteiger partial charge in [-0.1, -0.05) is 26.0 Å². The van der Waals surface area contributed by atoms with Crippen LogP contribution in [0.2, 0.25) is 0 Å². The number of hydrogen-bond acceptors (Lipinski definition) is 2. The van der Waals surface area contributed by atoms with Crippen molar-refractivity contribution in [1.29, 1.82) is 0 Å². The van der Waals surface area contributed by atoms with E-state index in [1.165, 1.54) is 12.8 Å². The van der Waals surface area contributed by atoms with E-state index in [0.29, 0.717) is 5.92 Å². The van der Waals surface area contributed by atoms with Crippen molar-refractivity contribution in [2.45, 2.75) is 45.6 Å². The number of rotatable bonds is 6. The molecule has 2 nitrogen and oxygen atoms in total. The molecule has 2 rings (SSSR count). The smallest absolute Gasteiger partial charge is 0.0746 e. The Morgan fingerprint density at radius 1 is 1.35 bits per heavy atom. The van der Waals surface area contributed by atoms with Crippen molar-refractivity contribution in [2.75, 3.05) is 13.1 Å². The lowest BCUT2D eigenvalue weighted by Gasteiger charge is -2.27. The highest BCUT2D eigenvalue weighted by atomic mass is 16.3. The lowest BCUT2D eigenvalue weighted by atomic mass is 9.92. The second kappa shape index (κ2) is 5.11. The average Bonchev–Trinajstić information content (AvgIpc) is 2.76. The average molecular weight is 237 g/mol. The summed E-state index contributed by atoms with van der Waals surface area (Å²) in [5.74, 6) is 3.02. The highest BCUT2D eigenvalue weighted by Gasteiger charge is 2.35. The Morgan fingerprint density at radius 2 is 2.12 bits per heavy atom. The molecule has 4 unspecified atom stereocenters. The van der Waals surface area contributed by atoms with Crippen molar-refractivity contribution in [3.8, 4) is 0 Å². The Morgan fingerprint density at radius 3 is 2.65 bits per heavy atom. The SMILES string of the molecule is CC(C)CC(C)(O)CNCC1CC2C=CC1C2. The van der Waals surface area contributed by atoms with E-state index in [1.807, 2.05) is 6.92 Å². The minimum Gasteiger partial charge on any atom is -0.389 e. The predicted molar refractivity (Wildman–Crippen MR) is 71.8 cm³/mol. The molecule has 0 amide bonds. The molecule has 2 bridgehead atoms. The molecule has 0 spiro atoms. The standard InChI is InChI=1S/C15H27NO/c1-11(2)8-15(3,17)10-16-9-14-7-12-4-5-13(14)6-12/h4-5,11-14,16-17H,6-10H2,1-3H3. The zero-order valence-corrected chi connectivity index (χ0v) is 11.4. The fourth-order valence-electron chi connectivity index (χ4n) is 3.61. The van der Waals surface area contributed by atoms with Gasteiger partial charge in [0.05, 0.1) is 5.60 Å². The lowest BCUT2D eigenvalue weighted by Crippen LogP contribution is -2.41. The molecule has 1 saturated carbocycles. The second-order valence-corrected chi connectivity index (χ2v) is 6.77. The first-order chi connectivity index (χ1) is 7.96. The molecule has 0 saturated heterocycles. The highest BCUT2D eigenvalue weighted by molar-refractivity contribution is 5.10. The van der Waals surface area contributed by atoms with E-state index in [2.05, 4.69) is 31.3 Å². The van der Waals surface area contributed by atoms with Crippen LogP contribution in [0.3, 0.4) is 0 Å². The normalized spacial score (nSPS) is 34.5. The summed E-state index contributed by atoms with van der Waals surface area (Å²) in [6.45, 7) is 8.06. The first kappa shape index (κ1) is 13.1. The summed E-state index contributed by atoms with van der Waals surface area (Å²) in [6.07, 6.45) is 8.37. The van der Waals surface area contributed by atoms with Gasteiger partial charge in [-0.3, -0.25) is 0 Å². The molecule has 2 N–H and O–H groups in total. The number of fused-ring (bicyclic) bond motifs is 2. The third-order valence-corrected chi connectivity index (χ3v) is 4.18. The number of allylic oxidation sites excluding steroid dienone is 2. The highest BCUT2D eigenvalue weighted by Crippen LogP contribution is 2.42. The first-order valence-electron chi connectivity index (χ1n) is 7.08. The van der Waals surface area contributed by atoms with Gasteiger partial charge in [0, 0.05) is 6.54 Å². The third kappa shape index (κ3) is 3.56. The van der Waals surface area contributed by atoms with Crippen molar-refractivity contribution in [2.24, 2.45) is 23.7 Å². The minimum atomic E-state index is -0.554. The van der Waals surface area contributed by atoms with Crippen LogP contribution in [0.4, 0.5) is 0 Å². The maximum absolute atomic E-state index is 10.2. The van der Waals surface area contributed by atoms with E-state index in [1.54, 1.807) is 0 Å². The number of aliphatic hydroxyl groups is 1. The van der Waals surface area contributed by atoms with Gasteiger partial charge in [-0.15, -0.1) is 0 Å². The Kier molecular flexibility index (Phi) is 3.94. The summed E-state index contributed by atoms with van der Waals surface area (Å²) in [4.78, 5) is 0. The van der Waals surface area contributed by atoms with Gasteiger partial charge in [0.1, 0.15) is 0 Å². The molecule has 2 aliphatic carbocycles. The second-order valence-electron chi connectivity index (χ2n) is 6.77. The van der Waals surface area contributed by atoms with Crippen LogP contribution < -0.4 is 5.32 Å². The molecular weight excluding hydrogens is 210 g/mol. The zero-order valence-electron chi connectivity index (χ0n) is 11.4. The molecule has 17 heavy (non-hydrogen) atoms. The molecular formula is C15H27NO. The summed E-state index contributed by atoms with van der Waals surface area (Å²) in [6, 6.07) is 0. The Bertz CT molecular complexity index is 283. The fraction of sp³-hybridized carbons (Fsp3) is 0.867. The molecule has 98 valence electrons. The van der Waals surface area contributed by atoms with Crippen molar-refractivity contribution >= 4 is 0 Å². The summed E-state index contributed by atoms with van der Waals surface area (Å²) in [7, 11) is 0. The van der Waals surface area contributed by atoms with Crippen molar-refractivity contribution < 1.29 is 5.11 Å². The Labute approximate surface area is 105 Å². The molecule has 2 aliphatic rings. The number of nitrogens with one attached hydrogen (secondary N) is 1. The molecule has 0 aromatic heterocycles. The fourth-order valence-corrected chi connectivity index (χ4v) is 3.61. The molecule has 0 aliphatic heterocycles. The van der Waals surface area contributed by atoms with Crippen LogP contribution >= 0.6 is 0 Å². The molecule has 0 radical (unpaired) electrons. The summed E-state index contributed by atoms with van der Waals surface area (Å²) >= 11 is 0. The molecule has 2 heteroatoms. The topological polar surface area (TPSA) is 32.3 Å². The Hall–Kier alpha value is -0.340. The van der Waals surface area contributed by atoms with Gasteiger partial charge in [0.15, 0.2) is 0 Å². The van der Waals surface area contributed by atoms with Crippen LogP contribution in [0.15, 0.2) is 12.2 Å². The molecule has 4 atom stereocenters. The van der Waals surface area contributed by atoms with Crippen LogP contribution in [0.25, 0.3) is 0 Å². The van der Waals surface area contributed by atoms with Gasteiger partial charge in [-0.2, -0.15) is 0 Å². The van der Waals surface area contributed by atoms with Gasteiger partial charge in [0.2, 0.25) is 0 Å². The lowest BCUT2D eigenvalue weighted by molar-refractivity contribution is 0.0376. The van der Waals surface area contributed by atoms with E-state index < -0.39 is 5.60 Å². The van der Waals surface area contributed by atoms with Crippen LogP contribution in [-0.4, -0.2) is 23.8 Å². The molecule has 0 aromatic carbocycles. The largest absolute Gasteiger partial charge is 0.389 e. The van der Waals surface area contributed by atoms with Gasteiger partial charge in [0.25, 0.3) is 0 Å². The summed E-state index contributed by atoms with van der Waals surface area (Å²) < 4.78 is 0. The summed E-state index contributed by atoms with van der Waals surface area (Å²) in [5, 5.41) is 13.7. The van der Waals surface area contributed by atoms with Crippen LogP contribution in [0.5, 0.6) is 0 Å². The van der Waals surface area contributed by atoms with E-state index in [4.69, 9.17) is 0 Å².